The topological polar surface area (TPSA) is 68.8 Å². The van der Waals surface area contributed by atoms with Crippen LogP contribution in [0.5, 0.6) is 0 Å². The SMILES string of the molecule is CC1(C)CC(=O)C2=C(C1)Nc1ccccc1N(CC(=O)N1CCN(c3nsc4ccccc34)CC1)C2c1ccccc1F. The zero-order valence-corrected chi connectivity index (χ0v) is 25.2. The largest absolute Gasteiger partial charge is 0.357 e. The third-order valence-corrected chi connectivity index (χ3v) is 9.62. The van der Waals surface area contributed by atoms with Crippen molar-refractivity contribution in [3.63, 3.8) is 0 Å². The number of carbonyl (C=O) groups is 2. The highest BCUT2D eigenvalue weighted by atomic mass is 32.1. The highest BCUT2D eigenvalue weighted by molar-refractivity contribution is 7.13. The van der Waals surface area contributed by atoms with Crippen molar-refractivity contribution >= 4 is 50.5 Å². The lowest BCUT2D eigenvalue weighted by Crippen LogP contribution is -2.52. The van der Waals surface area contributed by atoms with Gasteiger partial charge in [0.05, 0.1) is 28.7 Å². The van der Waals surface area contributed by atoms with Gasteiger partial charge in [-0.1, -0.05) is 56.3 Å². The number of para-hydroxylation sites is 2. The number of allylic oxidation sites excluding steroid dienone is 1. The Morgan fingerprint density at radius 2 is 1.70 bits per heavy atom. The van der Waals surface area contributed by atoms with Crippen LogP contribution in [0, 0.1) is 11.2 Å². The first-order valence-electron chi connectivity index (χ1n) is 14.8. The standard InChI is InChI=1S/C34H34FN5O2S/c1-34(2)19-26-31(28(41)20-34)32(22-9-3-5-11-24(22)35)40(27-13-7-6-12-25(27)36-26)21-30(42)38-15-17-39(18-16-38)33-23-10-4-8-14-29(23)43-37-33/h3-14,32,36H,15-21H2,1-2H3. The van der Waals surface area contributed by atoms with Gasteiger partial charge in [0.1, 0.15) is 11.6 Å². The molecule has 0 spiro atoms. The number of Topliss-reactive ketones (excluding diaryl/α,β-unsaturated/α-hetero) is 1. The van der Waals surface area contributed by atoms with E-state index in [4.69, 9.17) is 4.37 Å². The minimum atomic E-state index is -0.734. The van der Waals surface area contributed by atoms with E-state index >= 15 is 4.39 Å². The predicted molar refractivity (Wildman–Crippen MR) is 170 cm³/mol. The number of nitrogens with one attached hydrogen (secondary N) is 1. The van der Waals surface area contributed by atoms with Crippen molar-refractivity contribution in [1.29, 1.82) is 0 Å². The molecule has 7 nitrogen and oxygen atoms in total. The Labute approximate surface area is 254 Å². The number of benzene rings is 3. The van der Waals surface area contributed by atoms with Crippen molar-refractivity contribution in [2.24, 2.45) is 5.41 Å². The van der Waals surface area contributed by atoms with Crippen molar-refractivity contribution in [3.8, 4) is 0 Å². The molecule has 3 heterocycles. The Balaban J connectivity index is 1.22. The Hall–Kier alpha value is -4.24. The fourth-order valence-electron chi connectivity index (χ4n) is 6.76. The van der Waals surface area contributed by atoms with E-state index in [1.54, 1.807) is 18.2 Å². The third-order valence-electron chi connectivity index (χ3n) is 8.80. The summed E-state index contributed by atoms with van der Waals surface area (Å²) in [5.74, 6) is 0.517. The highest BCUT2D eigenvalue weighted by Crippen LogP contribution is 2.48. The zero-order chi connectivity index (χ0) is 29.7. The summed E-state index contributed by atoms with van der Waals surface area (Å²) in [6.45, 7) is 6.66. The molecule has 4 aromatic rings. The molecule has 220 valence electrons. The van der Waals surface area contributed by atoms with E-state index in [9.17, 15) is 9.59 Å². The van der Waals surface area contributed by atoms with Crippen molar-refractivity contribution in [2.75, 3.05) is 47.8 Å². The quantitative estimate of drug-likeness (QED) is 0.295. The van der Waals surface area contributed by atoms with Gasteiger partial charge in [-0.2, -0.15) is 4.37 Å². The van der Waals surface area contributed by atoms with E-state index in [-0.39, 0.29) is 23.7 Å². The van der Waals surface area contributed by atoms with Crippen molar-refractivity contribution < 1.29 is 14.0 Å². The summed E-state index contributed by atoms with van der Waals surface area (Å²) in [4.78, 5) is 34.0. The van der Waals surface area contributed by atoms with Gasteiger partial charge in [-0.15, -0.1) is 0 Å². The Morgan fingerprint density at radius 3 is 2.51 bits per heavy atom. The van der Waals surface area contributed by atoms with Crippen molar-refractivity contribution in [3.05, 3.63) is 95.4 Å². The maximum Gasteiger partial charge on any atom is 0.242 e. The van der Waals surface area contributed by atoms with E-state index in [1.165, 1.54) is 17.6 Å². The molecule has 1 fully saturated rings. The molecule has 3 aromatic carbocycles. The highest BCUT2D eigenvalue weighted by Gasteiger charge is 2.43. The van der Waals surface area contributed by atoms with Crippen LogP contribution in [0.3, 0.4) is 0 Å². The minimum absolute atomic E-state index is 0.0126. The molecule has 9 heteroatoms. The third kappa shape index (κ3) is 5.05. The van der Waals surface area contributed by atoms with Gasteiger partial charge in [0, 0.05) is 54.8 Å². The molecule has 1 atom stereocenters. The molecule has 3 aliphatic rings. The van der Waals surface area contributed by atoms with Crippen LogP contribution < -0.4 is 15.1 Å². The van der Waals surface area contributed by atoms with Gasteiger partial charge in [0.15, 0.2) is 5.78 Å². The molecule has 0 saturated carbocycles. The van der Waals surface area contributed by atoms with Crippen LogP contribution in [-0.2, 0) is 9.59 Å². The number of piperazine rings is 1. The Kier molecular flexibility index (Phi) is 6.92. The van der Waals surface area contributed by atoms with Gasteiger partial charge in [0.2, 0.25) is 5.91 Å². The summed E-state index contributed by atoms with van der Waals surface area (Å²) in [6, 6.07) is 21.9. The van der Waals surface area contributed by atoms with Crippen LogP contribution in [0.4, 0.5) is 21.6 Å². The maximum absolute atomic E-state index is 15.6. The molecule has 0 radical (unpaired) electrons. The fourth-order valence-corrected chi connectivity index (χ4v) is 7.56. The number of hydrogen-bond donors (Lipinski definition) is 1. The summed E-state index contributed by atoms with van der Waals surface area (Å²) >= 11 is 1.49. The van der Waals surface area contributed by atoms with E-state index < -0.39 is 11.9 Å². The first-order chi connectivity index (χ1) is 20.8. The minimum Gasteiger partial charge on any atom is -0.357 e. The number of nitrogens with zero attached hydrogens (tertiary/aromatic N) is 4. The molecule has 43 heavy (non-hydrogen) atoms. The summed E-state index contributed by atoms with van der Waals surface area (Å²) in [5, 5.41) is 4.68. The van der Waals surface area contributed by atoms with Gasteiger partial charge < -0.3 is 20.0 Å². The molecule has 1 saturated heterocycles. The second kappa shape index (κ2) is 10.8. The Bertz CT molecular complexity index is 1760. The number of amides is 1. The van der Waals surface area contributed by atoms with Gasteiger partial charge >= 0.3 is 0 Å². The van der Waals surface area contributed by atoms with Gasteiger partial charge in [-0.25, -0.2) is 4.39 Å². The van der Waals surface area contributed by atoms with E-state index in [2.05, 4.69) is 36.2 Å². The van der Waals surface area contributed by atoms with Crippen LogP contribution in [-0.4, -0.2) is 53.7 Å². The summed E-state index contributed by atoms with van der Waals surface area (Å²) in [7, 11) is 0. The van der Waals surface area contributed by atoms with Gasteiger partial charge in [-0.3, -0.25) is 9.59 Å². The second-order valence-electron chi connectivity index (χ2n) is 12.4. The molecule has 1 aliphatic carbocycles. The van der Waals surface area contributed by atoms with Crippen molar-refractivity contribution in [1.82, 2.24) is 9.27 Å². The first-order valence-corrected chi connectivity index (χ1v) is 15.6. The first kappa shape index (κ1) is 27.6. The van der Waals surface area contributed by atoms with Crippen LogP contribution >= 0.6 is 11.5 Å². The molecule has 0 bridgehead atoms. The summed E-state index contributed by atoms with van der Waals surface area (Å²) in [5.41, 5.74) is 3.11. The van der Waals surface area contributed by atoms with Crippen LogP contribution in [0.1, 0.15) is 38.3 Å². The lowest BCUT2D eigenvalue weighted by molar-refractivity contribution is -0.130. The second-order valence-corrected chi connectivity index (χ2v) is 13.2. The van der Waals surface area contributed by atoms with Crippen LogP contribution in [0.2, 0.25) is 0 Å². The zero-order valence-electron chi connectivity index (χ0n) is 24.3. The van der Waals surface area contributed by atoms with Crippen LogP contribution in [0.25, 0.3) is 10.1 Å². The van der Waals surface area contributed by atoms with E-state index in [1.807, 2.05) is 46.2 Å². The number of halogens is 1. The monoisotopic (exact) mass is 595 g/mol. The average molecular weight is 596 g/mol. The molecule has 1 amide bonds. The molecule has 1 aromatic heterocycles. The molecule has 2 aliphatic heterocycles. The lowest BCUT2D eigenvalue weighted by Gasteiger charge is -2.40. The molecular weight excluding hydrogens is 561 g/mol. The number of carbonyl (C=O) groups excluding carboxylic acids is 2. The Morgan fingerprint density at radius 1 is 0.977 bits per heavy atom. The maximum atomic E-state index is 15.6. The molecule has 1 N–H and O–H groups in total. The smallest absolute Gasteiger partial charge is 0.242 e. The van der Waals surface area contributed by atoms with E-state index in [0.717, 1.165) is 33.0 Å². The summed E-state index contributed by atoms with van der Waals surface area (Å²) < 4.78 is 21.4. The fraction of sp³-hybridized carbons (Fsp3) is 0.324. The number of ketones is 1. The number of rotatable bonds is 4. The molecular formula is C34H34FN5O2S. The normalized spacial score (nSPS) is 20.0. The van der Waals surface area contributed by atoms with Gasteiger partial charge in [-0.05, 0) is 53.7 Å². The molecule has 1 unspecified atom stereocenters. The lowest BCUT2D eigenvalue weighted by atomic mass is 9.73. The number of anilines is 3. The van der Waals surface area contributed by atoms with E-state index in [0.29, 0.717) is 50.2 Å². The van der Waals surface area contributed by atoms with Gasteiger partial charge in [0.25, 0.3) is 0 Å². The average Bonchev–Trinajstić information content (AvgIpc) is 3.37. The molecule has 7 rings (SSSR count). The number of hydrogen-bond acceptors (Lipinski definition) is 7. The predicted octanol–water partition coefficient (Wildman–Crippen LogP) is 6.40. The summed E-state index contributed by atoms with van der Waals surface area (Å²) in [6.07, 6.45) is 1.02. The number of fused-ring (bicyclic) bond motifs is 2. The van der Waals surface area contributed by atoms with Crippen molar-refractivity contribution in [2.45, 2.75) is 32.7 Å². The number of aromatic nitrogens is 1. The van der Waals surface area contributed by atoms with Crippen LogP contribution in [0.15, 0.2) is 84.1 Å².